The van der Waals surface area contributed by atoms with E-state index in [2.05, 4.69) is 10.6 Å². The molecule has 0 fully saturated rings. The highest BCUT2D eigenvalue weighted by atomic mass is 19.1. The second-order valence-electron chi connectivity index (χ2n) is 3.41. The third kappa shape index (κ3) is 5.07. The van der Waals surface area contributed by atoms with Crippen molar-refractivity contribution >= 4 is 11.7 Å². The minimum Gasteiger partial charge on any atom is -0.378 e. The number of rotatable bonds is 6. The maximum atomic E-state index is 13.2. The van der Waals surface area contributed by atoms with Crippen molar-refractivity contribution in [2.24, 2.45) is 5.73 Å². The van der Waals surface area contributed by atoms with E-state index in [9.17, 15) is 13.6 Å². The van der Waals surface area contributed by atoms with Gasteiger partial charge in [0.1, 0.15) is 11.6 Å². The van der Waals surface area contributed by atoms with E-state index in [0.717, 1.165) is 12.1 Å². The summed E-state index contributed by atoms with van der Waals surface area (Å²) in [5.41, 5.74) is 5.12. The van der Waals surface area contributed by atoms with E-state index in [-0.39, 0.29) is 12.2 Å². The molecule has 0 bridgehead atoms. The zero-order chi connectivity index (χ0) is 13.4. The summed E-state index contributed by atoms with van der Waals surface area (Å²) in [4.78, 5) is 11.3. The predicted molar refractivity (Wildman–Crippen MR) is 63.3 cm³/mol. The van der Waals surface area contributed by atoms with Crippen molar-refractivity contribution in [2.45, 2.75) is 0 Å². The van der Waals surface area contributed by atoms with Crippen LogP contribution in [0.5, 0.6) is 0 Å². The number of hydrogen-bond donors (Lipinski definition) is 3. The molecule has 0 aromatic heterocycles. The molecule has 0 saturated heterocycles. The third-order valence-corrected chi connectivity index (χ3v) is 1.97. The molecule has 0 radical (unpaired) electrons. The van der Waals surface area contributed by atoms with Gasteiger partial charge in [-0.25, -0.2) is 13.6 Å². The van der Waals surface area contributed by atoms with Gasteiger partial charge in [0.15, 0.2) is 0 Å². The van der Waals surface area contributed by atoms with Gasteiger partial charge >= 0.3 is 6.03 Å². The average Bonchev–Trinajstić information content (AvgIpc) is 2.32. The van der Waals surface area contributed by atoms with Crippen LogP contribution in [0, 0.1) is 11.6 Å². The van der Waals surface area contributed by atoms with E-state index >= 15 is 0 Å². The van der Waals surface area contributed by atoms with Crippen molar-refractivity contribution in [1.82, 2.24) is 5.32 Å². The smallest absolute Gasteiger partial charge is 0.319 e. The molecule has 100 valence electrons. The summed E-state index contributed by atoms with van der Waals surface area (Å²) in [6, 6.07) is 2.31. The van der Waals surface area contributed by atoms with Gasteiger partial charge in [0.2, 0.25) is 0 Å². The largest absolute Gasteiger partial charge is 0.378 e. The minimum absolute atomic E-state index is 0.0863. The van der Waals surface area contributed by atoms with Crippen LogP contribution in [0.25, 0.3) is 0 Å². The summed E-state index contributed by atoms with van der Waals surface area (Å²) < 4.78 is 30.8. The molecule has 0 unspecified atom stereocenters. The van der Waals surface area contributed by atoms with Crippen molar-refractivity contribution in [3.05, 3.63) is 29.8 Å². The van der Waals surface area contributed by atoms with Gasteiger partial charge in [0, 0.05) is 19.2 Å². The molecule has 0 saturated carbocycles. The molecular formula is C11H15F2N3O2. The van der Waals surface area contributed by atoms with Crippen LogP contribution in [0.1, 0.15) is 0 Å². The number of carbonyl (C=O) groups excluding carboxylic acids is 1. The Labute approximate surface area is 103 Å². The highest BCUT2D eigenvalue weighted by Crippen LogP contribution is 2.14. The van der Waals surface area contributed by atoms with Gasteiger partial charge in [0.25, 0.3) is 0 Å². The molecule has 5 nitrogen and oxygen atoms in total. The first-order valence-electron chi connectivity index (χ1n) is 5.41. The monoisotopic (exact) mass is 259 g/mol. The molecule has 0 atom stereocenters. The Morgan fingerprint density at radius 3 is 2.78 bits per heavy atom. The maximum Gasteiger partial charge on any atom is 0.319 e. The summed E-state index contributed by atoms with van der Waals surface area (Å²) in [5.74, 6) is -1.53. The summed E-state index contributed by atoms with van der Waals surface area (Å²) >= 11 is 0. The fourth-order valence-corrected chi connectivity index (χ4v) is 1.18. The standard InChI is InChI=1S/C11H15F2N3O2/c12-8-1-2-10(9(13)7-8)16-11(17)15-4-6-18-5-3-14/h1-2,7H,3-6,14H2,(H2,15,16,17). The number of benzene rings is 1. The second kappa shape index (κ2) is 7.57. The summed E-state index contributed by atoms with van der Waals surface area (Å²) in [7, 11) is 0. The molecule has 1 aromatic rings. The zero-order valence-electron chi connectivity index (χ0n) is 9.71. The van der Waals surface area contributed by atoms with Crippen molar-refractivity contribution in [1.29, 1.82) is 0 Å². The van der Waals surface area contributed by atoms with Crippen molar-refractivity contribution in [3.63, 3.8) is 0 Å². The Kier molecular flexibility index (Phi) is 6.03. The highest BCUT2D eigenvalue weighted by Gasteiger charge is 2.06. The summed E-state index contributed by atoms with van der Waals surface area (Å²) in [5, 5.41) is 4.71. The number of anilines is 1. The molecule has 18 heavy (non-hydrogen) atoms. The number of ether oxygens (including phenoxy) is 1. The first kappa shape index (κ1) is 14.3. The first-order chi connectivity index (χ1) is 8.63. The molecule has 0 aliphatic carbocycles. The maximum absolute atomic E-state index is 13.2. The number of carbonyl (C=O) groups is 1. The van der Waals surface area contributed by atoms with Crippen molar-refractivity contribution < 1.29 is 18.3 Å². The molecule has 1 rings (SSSR count). The van der Waals surface area contributed by atoms with Crippen molar-refractivity contribution in [3.8, 4) is 0 Å². The van der Waals surface area contributed by atoms with E-state index in [1.54, 1.807) is 0 Å². The van der Waals surface area contributed by atoms with Crippen molar-refractivity contribution in [2.75, 3.05) is 31.6 Å². The molecule has 0 spiro atoms. The first-order valence-corrected chi connectivity index (χ1v) is 5.41. The SMILES string of the molecule is NCCOCCNC(=O)Nc1ccc(F)cc1F. The second-order valence-corrected chi connectivity index (χ2v) is 3.41. The van der Waals surface area contributed by atoms with Crippen LogP contribution >= 0.6 is 0 Å². The minimum atomic E-state index is -0.829. The van der Waals surface area contributed by atoms with Gasteiger partial charge in [0.05, 0.1) is 18.9 Å². The molecule has 1 aromatic carbocycles. The Bertz CT molecular complexity index is 402. The molecule has 0 heterocycles. The lowest BCUT2D eigenvalue weighted by Crippen LogP contribution is -2.32. The van der Waals surface area contributed by atoms with Crippen LogP contribution in [-0.2, 0) is 4.74 Å². The normalized spacial score (nSPS) is 10.2. The Hall–Kier alpha value is -1.73. The topological polar surface area (TPSA) is 76.4 Å². The number of nitrogens with one attached hydrogen (secondary N) is 2. The van der Waals surface area contributed by atoms with E-state index in [4.69, 9.17) is 10.5 Å². The van der Waals surface area contributed by atoms with Crippen LogP contribution in [0.15, 0.2) is 18.2 Å². The number of nitrogens with two attached hydrogens (primary N) is 1. The summed E-state index contributed by atoms with van der Waals surface area (Å²) in [6.45, 7) is 1.41. The van der Waals surface area contributed by atoms with Gasteiger partial charge in [-0.2, -0.15) is 0 Å². The molecule has 7 heteroatoms. The summed E-state index contributed by atoms with van der Waals surface area (Å²) in [6.07, 6.45) is 0. The van der Waals surface area contributed by atoms with E-state index < -0.39 is 17.7 Å². The lowest BCUT2D eigenvalue weighted by atomic mass is 10.3. The van der Waals surface area contributed by atoms with Gasteiger partial charge in [-0.3, -0.25) is 0 Å². The number of hydrogen-bond acceptors (Lipinski definition) is 3. The molecule has 0 aliphatic heterocycles. The Morgan fingerprint density at radius 1 is 1.33 bits per heavy atom. The number of urea groups is 1. The van der Waals surface area contributed by atoms with Crippen LogP contribution in [-0.4, -0.2) is 32.3 Å². The van der Waals surface area contributed by atoms with Crippen LogP contribution < -0.4 is 16.4 Å². The molecule has 0 aliphatic rings. The highest BCUT2D eigenvalue weighted by molar-refractivity contribution is 5.89. The van der Waals surface area contributed by atoms with Gasteiger partial charge in [-0.1, -0.05) is 0 Å². The molecular weight excluding hydrogens is 244 g/mol. The lowest BCUT2D eigenvalue weighted by molar-refractivity contribution is 0.144. The number of halogens is 2. The van der Waals surface area contributed by atoms with E-state index in [1.807, 2.05) is 0 Å². The van der Waals surface area contributed by atoms with Crippen LogP contribution in [0.3, 0.4) is 0 Å². The fourth-order valence-electron chi connectivity index (χ4n) is 1.18. The zero-order valence-corrected chi connectivity index (χ0v) is 9.71. The van der Waals surface area contributed by atoms with Gasteiger partial charge in [-0.15, -0.1) is 0 Å². The Balaban J connectivity index is 2.31. The average molecular weight is 259 g/mol. The van der Waals surface area contributed by atoms with Gasteiger partial charge < -0.3 is 21.1 Å². The Morgan fingerprint density at radius 2 is 2.11 bits per heavy atom. The number of amides is 2. The predicted octanol–water partition coefficient (Wildman–Crippen LogP) is 1.06. The van der Waals surface area contributed by atoms with Crippen LogP contribution in [0.4, 0.5) is 19.3 Å². The molecule has 2 amide bonds. The lowest BCUT2D eigenvalue weighted by Gasteiger charge is -2.08. The molecule has 4 N–H and O–H groups in total. The van der Waals surface area contributed by atoms with Crippen LogP contribution in [0.2, 0.25) is 0 Å². The quantitative estimate of drug-likeness (QED) is 0.669. The fraction of sp³-hybridized carbons (Fsp3) is 0.364. The van der Waals surface area contributed by atoms with E-state index in [0.29, 0.717) is 25.8 Å². The van der Waals surface area contributed by atoms with Gasteiger partial charge in [-0.05, 0) is 12.1 Å². The van der Waals surface area contributed by atoms with E-state index in [1.165, 1.54) is 0 Å². The third-order valence-electron chi connectivity index (χ3n) is 1.97.